The van der Waals surface area contributed by atoms with E-state index in [1.165, 1.54) is 0 Å². The van der Waals surface area contributed by atoms with Crippen LogP contribution in [-0.4, -0.2) is 41.8 Å². The summed E-state index contributed by atoms with van der Waals surface area (Å²) in [6.07, 6.45) is 0.576. The van der Waals surface area contributed by atoms with Crippen molar-refractivity contribution in [2.24, 2.45) is 4.99 Å². The molecule has 0 aliphatic heterocycles. The minimum absolute atomic E-state index is 0. The van der Waals surface area contributed by atoms with Crippen molar-refractivity contribution >= 4 is 41.5 Å². The van der Waals surface area contributed by atoms with Gasteiger partial charge in [-0.2, -0.15) is 4.98 Å². The summed E-state index contributed by atoms with van der Waals surface area (Å²) < 4.78 is 11.1. The van der Waals surface area contributed by atoms with Crippen LogP contribution in [-0.2, 0) is 6.42 Å². The molecule has 0 saturated carbocycles. The average Bonchev–Trinajstić information content (AvgIpc) is 3.11. The van der Waals surface area contributed by atoms with Crippen molar-refractivity contribution in [1.82, 2.24) is 20.8 Å². The highest BCUT2D eigenvalue weighted by Crippen LogP contribution is 2.16. The number of rotatable bonds is 9. The van der Waals surface area contributed by atoms with Crippen LogP contribution in [0.4, 0.5) is 0 Å². The van der Waals surface area contributed by atoms with Gasteiger partial charge >= 0.3 is 0 Å². The molecule has 1 aromatic heterocycles. The topological polar surface area (TPSA) is 84.6 Å². The number of nitrogens with zero attached hydrogens (tertiary/aromatic N) is 3. The van der Waals surface area contributed by atoms with Crippen LogP contribution in [0.15, 0.2) is 33.8 Å². The predicted octanol–water partition coefficient (Wildman–Crippen LogP) is 4.03. The zero-order chi connectivity index (χ0) is 19.6. The number of ether oxygens (including phenoxy) is 1. The maximum atomic E-state index is 5.89. The highest BCUT2D eigenvalue weighted by Gasteiger charge is 2.10. The summed E-state index contributed by atoms with van der Waals surface area (Å²) in [5.41, 5.74) is 0. The zero-order valence-corrected chi connectivity index (χ0v) is 19.8. The van der Waals surface area contributed by atoms with Crippen molar-refractivity contribution in [1.29, 1.82) is 0 Å². The van der Waals surface area contributed by atoms with Crippen LogP contribution in [0.2, 0.25) is 5.02 Å². The number of hydrogen-bond donors (Lipinski definition) is 2. The van der Waals surface area contributed by atoms with E-state index in [1.54, 1.807) is 12.1 Å². The summed E-state index contributed by atoms with van der Waals surface area (Å²) in [4.78, 5) is 8.94. The first kappa shape index (κ1) is 24.5. The molecule has 1 unspecified atom stereocenters. The van der Waals surface area contributed by atoms with E-state index in [1.807, 2.05) is 39.8 Å². The normalized spacial score (nSPS) is 12.4. The van der Waals surface area contributed by atoms with Gasteiger partial charge in [0.15, 0.2) is 11.8 Å². The fourth-order valence-corrected chi connectivity index (χ4v) is 2.36. The second-order valence-corrected chi connectivity index (χ2v) is 6.92. The molecule has 0 aliphatic rings. The molecule has 0 aliphatic carbocycles. The fraction of sp³-hybridized carbons (Fsp3) is 0.526. The Morgan fingerprint density at radius 3 is 2.54 bits per heavy atom. The highest BCUT2D eigenvalue weighted by molar-refractivity contribution is 14.0. The lowest BCUT2D eigenvalue weighted by Gasteiger charge is -2.15. The van der Waals surface area contributed by atoms with Crippen LogP contribution < -0.4 is 15.4 Å². The predicted molar refractivity (Wildman–Crippen MR) is 123 cm³/mol. The number of aromatic nitrogens is 2. The third-order valence-corrected chi connectivity index (χ3v) is 3.89. The molecule has 156 valence electrons. The molecule has 0 saturated heterocycles. The molecule has 2 aromatic rings. The van der Waals surface area contributed by atoms with Gasteiger partial charge < -0.3 is 19.9 Å². The maximum Gasteiger partial charge on any atom is 0.228 e. The summed E-state index contributed by atoms with van der Waals surface area (Å²) in [7, 11) is 0. The van der Waals surface area contributed by atoms with E-state index < -0.39 is 0 Å². The Morgan fingerprint density at radius 2 is 1.93 bits per heavy atom. The van der Waals surface area contributed by atoms with Gasteiger partial charge in [0, 0.05) is 30.5 Å². The quantitative estimate of drug-likeness (QED) is 0.294. The first-order chi connectivity index (χ1) is 13.0. The molecule has 0 bridgehead atoms. The van der Waals surface area contributed by atoms with Crippen molar-refractivity contribution in [2.45, 2.75) is 46.1 Å². The molecule has 28 heavy (non-hydrogen) atoms. The molecule has 2 rings (SSSR count). The highest BCUT2D eigenvalue weighted by atomic mass is 127. The van der Waals surface area contributed by atoms with Crippen LogP contribution >= 0.6 is 35.6 Å². The van der Waals surface area contributed by atoms with Crippen molar-refractivity contribution in [3.8, 4) is 5.75 Å². The summed E-state index contributed by atoms with van der Waals surface area (Å²) >= 11 is 5.89. The lowest BCUT2D eigenvalue weighted by atomic mass is 10.2. The summed E-state index contributed by atoms with van der Waals surface area (Å²) in [5.74, 6) is 3.13. The van der Waals surface area contributed by atoms with Gasteiger partial charge in [-0.25, -0.2) is 4.99 Å². The SMILES string of the molecule is CCNC(=NCC(C)Oc1ccc(Cl)cc1)NCCc1nc(C(C)C)no1.I. The molecular weight excluding hydrogens is 493 g/mol. The van der Waals surface area contributed by atoms with Gasteiger partial charge in [-0.1, -0.05) is 30.6 Å². The standard InChI is InChI=1S/C19H28ClN5O2.HI/c1-5-21-19(22-11-10-17-24-18(13(2)3)25-27-17)23-12-14(4)26-16-8-6-15(20)7-9-16;/h6-9,13-14H,5,10-12H2,1-4H3,(H2,21,22,23);1H. The van der Waals surface area contributed by atoms with Crippen LogP contribution in [0.5, 0.6) is 5.75 Å². The Labute approximate surface area is 188 Å². The van der Waals surface area contributed by atoms with Crippen molar-refractivity contribution in [3.63, 3.8) is 0 Å². The Bertz CT molecular complexity index is 721. The van der Waals surface area contributed by atoms with E-state index in [0.717, 1.165) is 24.1 Å². The van der Waals surface area contributed by atoms with E-state index in [-0.39, 0.29) is 36.0 Å². The van der Waals surface area contributed by atoms with Gasteiger partial charge in [0.2, 0.25) is 5.89 Å². The van der Waals surface area contributed by atoms with Crippen LogP contribution in [0.25, 0.3) is 0 Å². The van der Waals surface area contributed by atoms with Gasteiger partial charge in [0.25, 0.3) is 0 Å². The molecular formula is C19H29ClIN5O2. The number of aliphatic imine (C=N–C) groups is 1. The monoisotopic (exact) mass is 521 g/mol. The Balaban J connectivity index is 0.00000392. The lowest BCUT2D eigenvalue weighted by molar-refractivity contribution is 0.230. The number of nitrogens with one attached hydrogen (secondary N) is 2. The first-order valence-corrected chi connectivity index (χ1v) is 9.62. The van der Waals surface area contributed by atoms with Gasteiger partial charge in [-0.3, -0.25) is 0 Å². The first-order valence-electron chi connectivity index (χ1n) is 9.24. The maximum absolute atomic E-state index is 5.89. The van der Waals surface area contributed by atoms with Crippen molar-refractivity contribution in [3.05, 3.63) is 41.0 Å². The molecule has 1 atom stereocenters. The lowest BCUT2D eigenvalue weighted by Crippen LogP contribution is -2.39. The minimum Gasteiger partial charge on any atom is -0.489 e. The Kier molecular flexibility index (Phi) is 11.2. The molecule has 0 spiro atoms. The summed E-state index contributed by atoms with van der Waals surface area (Å²) in [6.45, 7) is 10.0. The number of hydrogen-bond acceptors (Lipinski definition) is 5. The molecule has 0 amide bonds. The molecule has 2 N–H and O–H groups in total. The molecule has 7 nitrogen and oxygen atoms in total. The fourth-order valence-electron chi connectivity index (χ4n) is 2.24. The van der Waals surface area contributed by atoms with E-state index in [4.69, 9.17) is 20.9 Å². The summed E-state index contributed by atoms with van der Waals surface area (Å²) in [5, 5.41) is 11.1. The number of guanidine groups is 1. The molecule has 0 radical (unpaired) electrons. The number of halogens is 2. The Morgan fingerprint density at radius 1 is 1.21 bits per heavy atom. The third kappa shape index (κ3) is 8.64. The molecule has 1 heterocycles. The van der Waals surface area contributed by atoms with E-state index in [9.17, 15) is 0 Å². The van der Waals surface area contributed by atoms with Crippen molar-refractivity contribution < 1.29 is 9.26 Å². The van der Waals surface area contributed by atoms with E-state index in [0.29, 0.717) is 30.4 Å². The number of benzene rings is 1. The van der Waals surface area contributed by atoms with Crippen molar-refractivity contribution in [2.75, 3.05) is 19.6 Å². The third-order valence-electron chi connectivity index (χ3n) is 3.63. The van der Waals surface area contributed by atoms with E-state index in [2.05, 4.69) is 25.8 Å². The van der Waals surface area contributed by atoms with Crippen LogP contribution in [0.3, 0.4) is 0 Å². The zero-order valence-electron chi connectivity index (χ0n) is 16.7. The second kappa shape index (κ2) is 12.8. The average molecular weight is 522 g/mol. The van der Waals surface area contributed by atoms with Crippen LogP contribution in [0, 0.1) is 0 Å². The van der Waals surface area contributed by atoms with Gasteiger partial charge in [-0.05, 0) is 38.1 Å². The molecule has 9 heteroatoms. The summed E-state index contributed by atoms with van der Waals surface area (Å²) in [6, 6.07) is 7.31. The second-order valence-electron chi connectivity index (χ2n) is 6.48. The van der Waals surface area contributed by atoms with Gasteiger partial charge in [0.05, 0.1) is 6.54 Å². The van der Waals surface area contributed by atoms with Gasteiger partial charge in [0.1, 0.15) is 11.9 Å². The Hall–Kier alpha value is -1.55. The molecule has 0 fully saturated rings. The largest absolute Gasteiger partial charge is 0.489 e. The molecule has 1 aromatic carbocycles. The smallest absolute Gasteiger partial charge is 0.228 e. The van der Waals surface area contributed by atoms with Crippen LogP contribution in [0.1, 0.15) is 45.3 Å². The minimum atomic E-state index is -0.0637. The van der Waals surface area contributed by atoms with E-state index >= 15 is 0 Å². The van der Waals surface area contributed by atoms with Gasteiger partial charge in [-0.15, -0.1) is 24.0 Å².